The molecule has 8 heteroatoms. The van der Waals surface area contributed by atoms with Gasteiger partial charge in [-0.2, -0.15) is 0 Å². The van der Waals surface area contributed by atoms with E-state index >= 15 is 0 Å². The summed E-state index contributed by atoms with van der Waals surface area (Å²) in [4.78, 5) is 33.4. The third kappa shape index (κ3) is 5.95. The van der Waals surface area contributed by atoms with Gasteiger partial charge in [-0.3, -0.25) is 4.79 Å². The summed E-state index contributed by atoms with van der Waals surface area (Å²) in [6.45, 7) is 5.29. The zero-order chi connectivity index (χ0) is 27.2. The molecule has 38 heavy (non-hydrogen) atoms. The van der Waals surface area contributed by atoms with Gasteiger partial charge in [-0.15, -0.1) is 0 Å². The molecule has 4 rings (SSSR count). The molecule has 0 spiro atoms. The zero-order valence-electron chi connectivity index (χ0n) is 23.0. The van der Waals surface area contributed by atoms with E-state index in [-0.39, 0.29) is 11.9 Å². The molecule has 0 saturated heterocycles. The smallest absolute Gasteiger partial charge is 0.407 e. The summed E-state index contributed by atoms with van der Waals surface area (Å²) in [5.41, 5.74) is 5.79. The average molecular weight is 521 g/mol. The lowest BCUT2D eigenvalue weighted by atomic mass is 9.88. The van der Waals surface area contributed by atoms with Crippen LogP contribution in [-0.2, 0) is 19.4 Å². The number of carbonyl (C=O) groups is 2. The number of carboxylic acid groups (broad SMARTS) is 1. The molecule has 1 aromatic carbocycles. The summed E-state index contributed by atoms with van der Waals surface area (Å²) in [5.74, 6) is 0.462. The minimum Gasteiger partial charge on any atom is -0.481 e. The fourth-order valence-corrected chi connectivity index (χ4v) is 5.95. The van der Waals surface area contributed by atoms with Crippen LogP contribution < -0.4 is 15.0 Å². The molecule has 1 fully saturated rings. The minimum absolute atomic E-state index is 0.0608. The van der Waals surface area contributed by atoms with Crippen LogP contribution in [0.15, 0.2) is 36.4 Å². The van der Waals surface area contributed by atoms with Gasteiger partial charge in [0.05, 0.1) is 7.11 Å². The molecule has 0 bridgehead atoms. The predicted molar refractivity (Wildman–Crippen MR) is 149 cm³/mol. The first-order chi connectivity index (χ1) is 18.3. The van der Waals surface area contributed by atoms with Crippen molar-refractivity contribution >= 4 is 17.7 Å². The van der Waals surface area contributed by atoms with E-state index in [4.69, 9.17) is 4.74 Å². The number of carbonyl (C=O) groups excluding carboxylic acids is 1. The van der Waals surface area contributed by atoms with E-state index in [1.54, 1.807) is 14.2 Å². The number of pyridine rings is 1. The SMILES string of the molecule is CCN(c1cccc2c1CC=CCCc1cc(C)nc(OC)c1CNC2=O)C1CCC(N(C)C(=O)O)CC1. The van der Waals surface area contributed by atoms with Gasteiger partial charge in [-0.1, -0.05) is 18.2 Å². The van der Waals surface area contributed by atoms with Crippen molar-refractivity contribution in [3.63, 3.8) is 0 Å². The van der Waals surface area contributed by atoms with E-state index in [9.17, 15) is 14.7 Å². The fourth-order valence-electron chi connectivity index (χ4n) is 5.95. The van der Waals surface area contributed by atoms with Gasteiger partial charge in [0.25, 0.3) is 5.91 Å². The second-order valence-corrected chi connectivity index (χ2v) is 10.3. The normalized spacial score (nSPS) is 19.7. The number of fused-ring (bicyclic) bond motifs is 2. The van der Waals surface area contributed by atoms with Crippen molar-refractivity contribution in [1.82, 2.24) is 15.2 Å². The van der Waals surface area contributed by atoms with Crippen LogP contribution in [0.3, 0.4) is 0 Å². The quantitative estimate of drug-likeness (QED) is 0.532. The van der Waals surface area contributed by atoms with Gasteiger partial charge in [0.15, 0.2) is 0 Å². The third-order valence-corrected chi connectivity index (χ3v) is 8.00. The number of hydrogen-bond acceptors (Lipinski definition) is 5. The molecular weight excluding hydrogens is 480 g/mol. The maximum Gasteiger partial charge on any atom is 0.407 e. The topological polar surface area (TPSA) is 95.0 Å². The van der Waals surface area contributed by atoms with Crippen LogP contribution in [0.4, 0.5) is 10.5 Å². The predicted octanol–water partition coefficient (Wildman–Crippen LogP) is 5.12. The highest BCUT2D eigenvalue weighted by Crippen LogP contribution is 2.33. The first-order valence-electron chi connectivity index (χ1n) is 13.6. The van der Waals surface area contributed by atoms with Gasteiger partial charge >= 0.3 is 6.09 Å². The van der Waals surface area contributed by atoms with Crippen LogP contribution in [0, 0.1) is 6.92 Å². The Hall–Kier alpha value is -3.55. The van der Waals surface area contributed by atoms with Crippen LogP contribution in [-0.4, -0.2) is 59.8 Å². The first-order valence-corrected chi connectivity index (χ1v) is 13.6. The van der Waals surface area contributed by atoms with Gasteiger partial charge < -0.3 is 25.0 Å². The van der Waals surface area contributed by atoms with Crippen molar-refractivity contribution in [3.8, 4) is 5.88 Å². The summed E-state index contributed by atoms with van der Waals surface area (Å²) >= 11 is 0. The lowest BCUT2D eigenvalue weighted by Crippen LogP contribution is -2.44. The number of ether oxygens (including phenoxy) is 1. The van der Waals surface area contributed by atoms with Crippen LogP contribution in [0.25, 0.3) is 0 Å². The van der Waals surface area contributed by atoms with E-state index in [0.717, 1.165) is 73.1 Å². The van der Waals surface area contributed by atoms with Gasteiger partial charge in [-0.05, 0) is 88.1 Å². The molecule has 2 N–H and O–H groups in total. The van der Waals surface area contributed by atoms with Gasteiger partial charge in [0, 0.05) is 54.7 Å². The van der Waals surface area contributed by atoms with Crippen LogP contribution in [0.1, 0.15) is 71.8 Å². The van der Waals surface area contributed by atoms with Crippen molar-refractivity contribution in [3.05, 3.63) is 64.4 Å². The average Bonchev–Trinajstić information content (AvgIpc) is 2.91. The highest BCUT2D eigenvalue weighted by Gasteiger charge is 2.30. The second-order valence-electron chi connectivity index (χ2n) is 10.3. The summed E-state index contributed by atoms with van der Waals surface area (Å²) < 4.78 is 5.57. The van der Waals surface area contributed by atoms with Crippen LogP contribution in [0.5, 0.6) is 5.88 Å². The Morgan fingerprint density at radius 2 is 1.89 bits per heavy atom. The molecule has 2 amide bonds. The van der Waals surface area contributed by atoms with Crippen molar-refractivity contribution in [2.45, 2.75) is 77.4 Å². The number of anilines is 1. The Kier molecular flexibility index (Phi) is 8.92. The molecule has 2 heterocycles. The summed E-state index contributed by atoms with van der Waals surface area (Å²) in [5, 5.41) is 12.5. The Labute approximate surface area is 225 Å². The van der Waals surface area contributed by atoms with Crippen LogP contribution >= 0.6 is 0 Å². The number of benzene rings is 1. The van der Waals surface area contributed by atoms with E-state index in [1.807, 2.05) is 19.1 Å². The lowest BCUT2D eigenvalue weighted by molar-refractivity contribution is 0.0949. The molecule has 1 aliphatic heterocycles. The fraction of sp³-hybridized carbons (Fsp3) is 0.500. The van der Waals surface area contributed by atoms with Crippen molar-refractivity contribution < 1.29 is 19.4 Å². The number of nitrogens with zero attached hydrogens (tertiary/aromatic N) is 3. The number of amides is 2. The standard InChI is InChI=1S/C30H40N4O4/c1-5-34(23-16-14-22(15-17-23)33(3)30(36)37)27-13-9-12-25-24(27)11-8-6-7-10-21-18-20(2)32-29(38-4)26(21)19-31-28(25)35/h6,8-9,12-13,18,22-23H,5,7,10-11,14-17,19H2,1-4H3,(H,31,35)(H,36,37). The molecule has 0 atom stereocenters. The van der Waals surface area contributed by atoms with Crippen molar-refractivity contribution in [2.24, 2.45) is 0 Å². The number of nitrogens with one attached hydrogen (secondary N) is 1. The monoisotopic (exact) mass is 520 g/mol. The molecule has 1 aromatic heterocycles. The molecule has 2 aromatic rings. The van der Waals surface area contributed by atoms with Gasteiger partial charge in [0.2, 0.25) is 5.88 Å². The Morgan fingerprint density at radius 1 is 1.16 bits per heavy atom. The Balaban J connectivity index is 1.62. The zero-order valence-corrected chi connectivity index (χ0v) is 23.0. The molecule has 204 valence electrons. The molecule has 8 nitrogen and oxygen atoms in total. The van der Waals surface area contributed by atoms with Crippen molar-refractivity contribution in [2.75, 3.05) is 25.6 Å². The third-order valence-electron chi connectivity index (χ3n) is 8.00. The lowest BCUT2D eigenvalue weighted by Gasteiger charge is -2.40. The maximum absolute atomic E-state index is 13.5. The number of allylic oxidation sites excluding steroid dienone is 2. The number of hydrogen-bond donors (Lipinski definition) is 2. The number of aromatic nitrogens is 1. The van der Waals surface area contributed by atoms with E-state index in [2.05, 4.69) is 46.4 Å². The van der Waals surface area contributed by atoms with Crippen molar-refractivity contribution in [1.29, 1.82) is 0 Å². The van der Waals surface area contributed by atoms with Gasteiger partial charge in [-0.25, -0.2) is 9.78 Å². The minimum atomic E-state index is -0.868. The molecule has 2 aliphatic rings. The largest absolute Gasteiger partial charge is 0.481 e. The molecular formula is C30H40N4O4. The van der Waals surface area contributed by atoms with Crippen LogP contribution in [0.2, 0.25) is 0 Å². The molecule has 0 radical (unpaired) electrons. The Bertz CT molecular complexity index is 1190. The number of methoxy groups -OCH3 is 1. The van der Waals surface area contributed by atoms with E-state index in [0.29, 0.717) is 30.5 Å². The highest BCUT2D eigenvalue weighted by molar-refractivity contribution is 5.97. The molecule has 1 aliphatic carbocycles. The molecule has 0 unspecified atom stereocenters. The first kappa shape index (κ1) is 27.5. The Morgan fingerprint density at radius 3 is 2.58 bits per heavy atom. The summed E-state index contributed by atoms with van der Waals surface area (Å²) in [6.07, 6.45) is 9.46. The maximum atomic E-state index is 13.5. The molecule has 1 saturated carbocycles. The second kappa shape index (κ2) is 12.3. The number of rotatable bonds is 5. The van der Waals surface area contributed by atoms with Gasteiger partial charge in [0.1, 0.15) is 0 Å². The van der Waals surface area contributed by atoms with E-state index in [1.165, 1.54) is 4.90 Å². The summed E-state index contributed by atoms with van der Waals surface area (Å²) in [7, 11) is 3.28. The van der Waals surface area contributed by atoms with E-state index < -0.39 is 6.09 Å². The highest BCUT2D eigenvalue weighted by atomic mass is 16.5. The number of aryl methyl sites for hydroxylation is 2. The summed E-state index contributed by atoms with van der Waals surface area (Å²) in [6, 6.07) is 8.45.